The number of allylic oxidation sites excluding steroid dienone is 1. The summed E-state index contributed by atoms with van der Waals surface area (Å²) < 4.78 is 0. The molecule has 2 fully saturated rings. The molecule has 2 aromatic carbocycles. The minimum Gasteiger partial charge on any atom is -0.507 e. The largest absolute Gasteiger partial charge is 0.507 e. The van der Waals surface area contributed by atoms with E-state index in [-0.39, 0.29) is 34.8 Å². The number of aromatic hydroxyl groups is 1. The highest BCUT2D eigenvalue weighted by molar-refractivity contribution is 6.33. The van der Waals surface area contributed by atoms with Crippen LogP contribution in [0.3, 0.4) is 0 Å². The predicted molar refractivity (Wildman–Crippen MR) is 184 cm³/mol. The average molecular weight is 639 g/mol. The van der Waals surface area contributed by atoms with Gasteiger partial charge in [-0.3, -0.25) is 14.4 Å². The van der Waals surface area contributed by atoms with Crippen molar-refractivity contribution in [2.24, 2.45) is 28.6 Å². The van der Waals surface area contributed by atoms with Gasteiger partial charge in [0.25, 0.3) is 0 Å². The lowest BCUT2D eigenvalue weighted by Crippen LogP contribution is -2.70. The molecule has 0 saturated heterocycles. The number of hydrogen-bond acceptors (Lipinski definition) is 6. The summed E-state index contributed by atoms with van der Waals surface area (Å²) in [4.78, 5) is 41.6. The van der Waals surface area contributed by atoms with Crippen molar-refractivity contribution in [1.82, 2.24) is 0 Å². The summed E-state index contributed by atoms with van der Waals surface area (Å²) in [6, 6.07) is 10.2. The Bertz CT molecular complexity index is 1750. The van der Waals surface area contributed by atoms with Gasteiger partial charge in [-0.25, -0.2) is 0 Å². The Morgan fingerprint density at radius 3 is 2.28 bits per heavy atom. The van der Waals surface area contributed by atoms with Crippen LogP contribution in [0, 0.1) is 28.6 Å². The van der Waals surface area contributed by atoms with Crippen LogP contribution in [0.1, 0.15) is 109 Å². The van der Waals surface area contributed by atoms with Gasteiger partial charge in [0, 0.05) is 16.4 Å². The van der Waals surface area contributed by atoms with Crippen LogP contribution in [0.5, 0.6) is 5.75 Å². The van der Waals surface area contributed by atoms with E-state index in [0.717, 1.165) is 29.5 Å². The first-order chi connectivity index (χ1) is 22.1. The molecule has 6 nitrogen and oxygen atoms in total. The van der Waals surface area contributed by atoms with Gasteiger partial charge in [-0.1, -0.05) is 96.6 Å². The van der Waals surface area contributed by atoms with Crippen LogP contribution in [0.15, 0.2) is 47.1 Å². The molecule has 4 atom stereocenters. The van der Waals surface area contributed by atoms with Crippen LogP contribution in [-0.2, 0) is 33.6 Å². The number of carbonyl (C=O) groups is 3. The Balaban J connectivity index is 1.54. The van der Waals surface area contributed by atoms with Crippen molar-refractivity contribution < 1.29 is 29.7 Å². The maximum Gasteiger partial charge on any atom is 0.206 e. The molecular weight excluding hydrogens is 588 g/mol. The first-order valence-corrected chi connectivity index (χ1v) is 17.6. The molecule has 0 spiro atoms. The quantitative estimate of drug-likeness (QED) is 0.218. The highest BCUT2D eigenvalue weighted by Gasteiger charge is 2.72. The summed E-state index contributed by atoms with van der Waals surface area (Å²) in [5, 5.41) is 35.7. The smallest absolute Gasteiger partial charge is 0.206 e. The number of phenols is 1. The van der Waals surface area contributed by atoms with Crippen molar-refractivity contribution in [3.8, 4) is 16.9 Å². The molecule has 3 N–H and O–H groups in total. The van der Waals surface area contributed by atoms with Crippen molar-refractivity contribution >= 4 is 23.1 Å². The van der Waals surface area contributed by atoms with E-state index in [1.165, 1.54) is 50.2 Å². The maximum absolute atomic E-state index is 14.7. The minimum absolute atomic E-state index is 0.0440. The van der Waals surface area contributed by atoms with Crippen LogP contribution in [0.25, 0.3) is 16.9 Å². The van der Waals surface area contributed by atoms with Crippen molar-refractivity contribution in [3.05, 3.63) is 69.3 Å². The van der Waals surface area contributed by atoms with Crippen molar-refractivity contribution in [1.29, 1.82) is 0 Å². The maximum atomic E-state index is 14.7. The van der Waals surface area contributed by atoms with Crippen molar-refractivity contribution in [3.63, 3.8) is 0 Å². The number of ketones is 3. The number of phenolic OH excluding ortho intramolecular Hbond substituents is 1. The molecule has 0 amide bonds. The van der Waals surface area contributed by atoms with Gasteiger partial charge in [0.1, 0.15) is 11.5 Å². The summed E-state index contributed by atoms with van der Waals surface area (Å²) in [7, 11) is 0. The number of aryl methyl sites for hydroxylation is 1. The summed E-state index contributed by atoms with van der Waals surface area (Å²) in [5.41, 5.74) is 1.10. The molecule has 0 heterocycles. The standard InChI is InChI=1S/C41H50O6/c1-8-27-15-14-26(18-25-12-10-9-11-13-25)19-29(27)28-16-17-31(43)33-30(28)20-39(6)21-40(7)34(22(2)3)23(4)32(24(5)42)37(45)41(40,47)38(46)35(39)36(33)44/h14-17,19,22,25,34,43-44,47H,8-13,18,20-21H2,1-7H3/t34-,39+,40+,41-/m1/s1. The van der Waals surface area contributed by atoms with Gasteiger partial charge in [0.15, 0.2) is 11.4 Å². The third-order valence-corrected chi connectivity index (χ3v) is 12.3. The number of rotatable bonds is 6. The third-order valence-electron chi connectivity index (χ3n) is 12.3. The van der Waals surface area contributed by atoms with Gasteiger partial charge in [-0.15, -0.1) is 0 Å². The van der Waals surface area contributed by atoms with Crippen LogP contribution in [-0.4, -0.2) is 38.3 Å². The van der Waals surface area contributed by atoms with Crippen molar-refractivity contribution in [2.45, 2.75) is 112 Å². The zero-order chi connectivity index (χ0) is 34.2. The minimum atomic E-state index is -2.53. The van der Waals surface area contributed by atoms with E-state index in [9.17, 15) is 29.7 Å². The van der Waals surface area contributed by atoms with Gasteiger partial charge < -0.3 is 15.3 Å². The Hall–Kier alpha value is -3.51. The normalized spacial score (nSPS) is 29.6. The van der Waals surface area contributed by atoms with E-state index >= 15 is 0 Å². The summed E-state index contributed by atoms with van der Waals surface area (Å²) in [5.74, 6) is -2.63. The second-order valence-electron chi connectivity index (χ2n) is 15.8. The number of hydrogen-bond donors (Lipinski definition) is 3. The van der Waals surface area contributed by atoms with E-state index in [4.69, 9.17) is 0 Å². The first kappa shape index (κ1) is 33.4. The summed E-state index contributed by atoms with van der Waals surface area (Å²) >= 11 is 0. The number of fused-ring (bicyclic) bond motifs is 3. The van der Waals surface area contributed by atoms with Crippen LogP contribution in [0.2, 0.25) is 0 Å². The molecule has 4 aliphatic rings. The van der Waals surface area contributed by atoms with Gasteiger partial charge in [-0.05, 0) is 91.2 Å². The summed E-state index contributed by atoms with van der Waals surface area (Å²) in [6.07, 6.45) is 8.78. The van der Waals surface area contributed by atoms with Gasteiger partial charge in [0.05, 0.1) is 11.1 Å². The molecule has 0 unspecified atom stereocenters. The lowest BCUT2D eigenvalue weighted by atomic mass is 9.42. The zero-order valence-corrected chi connectivity index (χ0v) is 29.0. The van der Waals surface area contributed by atoms with Gasteiger partial charge in [0.2, 0.25) is 11.6 Å². The number of aliphatic hydroxyl groups is 2. The van der Waals surface area contributed by atoms with E-state index in [2.05, 4.69) is 25.1 Å². The number of aliphatic hydroxyl groups excluding tert-OH is 1. The molecule has 4 aliphatic carbocycles. The number of carbonyl (C=O) groups excluding carboxylic acids is 3. The molecule has 0 aliphatic heterocycles. The van der Waals surface area contributed by atoms with Crippen LogP contribution >= 0.6 is 0 Å². The Morgan fingerprint density at radius 2 is 1.66 bits per heavy atom. The van der Waals surface area contributed by atoms with E-state index in [0.29, 0.717) is 17.9 Å². The lowest BCUT2D eigenvalue weighted by Gasteiger charge is -2.60. The fraction of sp³-hybridized carbons (Fsp3) is 0.537. The van der Waals surface area contributed by atoms with E-state index in [1.807, 2.05) is 26.8 Å². The van der Waals surface area contributed by atoms with Gasteiger partial charge in [-0.2, -0.15) is 0 Å². The Kier molecular flexibility index (Phi) is 8.22. The van der Waals surface area contributed by atoms with Gasteiger partial charge >= 0.3 is 0 Å². The highest BCUT2D eigenvalue weighted by Crippen LogP contribution is 2.65. The fourth-order valence-corrected chi connectivity index (χ4v) is 10.5. The second kappa shape index (κ2) is 11.6. The molecular formula is C41H50O6. The SMILES string of the molecule is CCc1ccc(CC2CCCCC2)cc1-c1ccc(O)c2c1C[C@@]1(C)C[C@@]3(C)[C@H](C(C)C)C(C)=C(C(C)=O)C(=O)[C@@]3(O)C(=O)C1=C2O. The predicted octanol–water partition coefficient (Wildman–Crippen LogP) is 8.05. The number of benzene rings is 2. The molecule has 250 valence electrons. The Morgan fingerprint density at radius 1 is 0.979 bits per heavy atom. The second-order valence-corrected chi connectivity index (χ2v) is 15.8. The Labute approximate surface area is 279 Å². The molecule has 0 radical (unpaired) electrons. The topological polar surface area (TPSA) is 112 Å². The van der Waals surface area contributed by atoms with Crippen LogP contribution < -0.4 is 0 Å². The lowest BCUT2D eigenvalue weighted by molar-refractivity contribution is -0.180. The van der Waals surface area contributed by atoms with Crippen molar-refractivity contribution in [2.75, 3.05) is 0 Å². The monoisotopic (exact) mass is 638 g/mol. The third kappa shape index (κ3) is 4.80. The molecule has 6 rings (SSSR count). The molecule has 0 bridgehead atoms. The molecule has 2 saturated carbocycles. The zero-order valence-electron chi connectivity index (χ0n) is 29.0. The average Bonchev–Trinajstić information content (AvgIpc) is 2.99. The molecule has 47 heavy (non-hydrogen) atoms. The van der Waals surface area contributed by atoms with Crippen LogP contribution in [0.4, 0.5) is 0 Å². The van der Waals surface area contributed by atoms with E-state index in [1.54, 1.807) is 19.9 Å². The fourth-order valence-electron chi connectivity index (χ4n) is 10.5. The molecule has 2 aromatic rings. The molecule has 6 heteroatoms. The van der Waals surface area contributed by atoms with E-state index < -0.39 is 45.5 Å². The molecule has 0 aromatic heterocycles. The number of Topliss-reactive ketones (excluding diaryl/α,β-unsaturated/α-hetero) is 3. The first-order valence-electron chi connectivity index (χ1n) is 17.6. The highest BCUT2D eigenvalue weighted by atomic mass is 16.3. The summed E-state index contributed by atoms with van der Waals surface area (Å²) in [6.45, 7) is 12.9.